The molecule has 0 saturated heterocycles. The predicted molar refractivity (Wildman–Crippen MR) is 134 cm³/mol. The Hall–Kier alpha value is -3.19. The number of nitrogens with one attached hydrogen (secondary N) is 1. The maximum Gasteiger partial charge on any atom is 0.263 e. The van der Waals surface area contributed by atoms with Gasteiger partial charge in [-0.3, -0.25) is 4.72 Å². The van der Waals surface area contributed by atoms with Crippen molar-refractivity contribution in [3.8, 4) is 5.69 Å². The van der Waals surface area contributed by atoms with E-state index in [-0.39, 0.29) is 16.1 Å². The van der Waals surface area contributed by atoms with Crippen molar-refractivity contribution in [1.82, 2.24) is 14.8 Å². The molecule has 2 aromatic heterocycles. The molecule has 0 saturated carbocycles. The fraction of sp³-hybridized carbons (Fsp3) is 0.308. The monoisotopic (exact) mass is 462 g/mol. The number of aryl methyl sites for hydroxylation is 4. The lowest BCUT2D eigenvalue weighted by Gasteiger charge is -2.18. The van der Waals surface area contributed by atoms with Crippen LogP contribution in [0.2, 0.25) is 0 Å². The molecule has 0 aliphatic rings. The number of nitrogens with zero attached hydrogens (tertiary/aromatic N) is 3. The lowest BCUT2D eigenvalue weighted by molar-refractivity contribution is 0.570. The molecule has 4 aromatic rings. The smallest absolute Gasteiger partial charge is 0.261 e. The first-order valence-electron chi connectivity index (χ1n) is 10.9. The summed E-state index contributed by atoms with van der Waals surface area (Å²) in [7, 11) is -3.82. The molecule has 4 rings (SSSR count). The van der Waals surface area contributed by atoms with Gasteiger partial charge in [0.25, 0.3) is 10.0 Å². The molecule has 2 aromatic carbocycles. The first-order chi connectivity index (χ1) is 15.4. The van der Waals surface area contributed by atoms with Crippen LogP contribution < -0.4 is 4.72 Å². The number of rotatable bonds is 4. The first-order valence-corrected chi connectivity index (χ1v) is 12.4. The SMILES string of the molecule is Cc1cccc(S(=O)(=O)Nc2nn(-c3c(C)cc(C)cc3C)c3nc(C(C)(C)C)ccc23)c1. The molecule has 0 aliphatic carbocycles. The van der Waals surface area contributed by atoms with Gasteiger partial charge in [-0.25, -0.2) is 18.1 Å². The Kier molecular flexibility index (Phi) is 5.56. The molecule has 0 atom stereocenters. The Balaban J connectivity index is 1.96. The van der Waals surface area contributed by atoms with Gasteiger partial charge in [-0.2, -0.15) is 0 Å². The largest absolute Gasteiger partial charge is 0.263 e. The van der Waals surface area contributed by atoms with E-state index in [4.69, 9.17) is 10.1 Å². The van der Waals surface area contributed by atoms with E-state index in [2.05, 4.69) is 44.5 Å². The number of pyridine rings is 1. The van der Waals surface area contributed by atoms with Crippen molar-refractivity contribution in [1.29, 1.82) is 0 Å². The van der Waals surface area contributed by atoms with Crippen molar-refractivity contribution in [2.45, 2.75) is 58.8 Å². The molecule has 172 valence electrons. The van der Waals surface area contributed by atoms with Gasteiger partial charge in [0, 0.05) is 11.1 Å². The van der Waals surface area contributed by atoms with Crippen molar-refractivity contribution in [3.63, 3.8) is 0 Å². The minimum absolute atomic E-state index is 0.165. The summed E-state index contributed by atoms with van der Waals surface area (Å²) >= 11 is 0. The van der Waals surface area contributed by atoms with Crippen LogP contribution in [0.1, 0.15) is 48.7 Å². The summed E-state index contributed by atoms with van der Waals surface area (Å²) in [5.41, 5.74) is 6.41. The fourth-order valence-electron chi connectivity index (χ4n) is 4.12. The molecular formula is C26H30N4O2S. The van der Waals surface area contributed by atoms with Gasteiger partial charge in [-0.1, -0.05) is 50.6 Å². The number of aromatic nitrogens is 3. The van der Waals surface area contributed by atoms with Crippen LogP contribution in [0.25, 0.3) is 16.7 Å². The lowest BCUT2D eigenvalue weighted by atomic mass is 9.91. The number of benzene rings is 2. The van der Waals surface area contributed by atoms with Crippen molar-refractivity contribution in [2.24, 2.45) is 0 Å². The summed E-state index contributed by atoms with van der Waals surface area (Å²) in [6.45, 7) is 14.3. The highest BCUT2D eigenvalue weighted by Crippen LogP contribution is 2.32. The molecule has 0 aliphatic heterocycles. The van der Waals surface area contributed by atoms with Gasteiger partial charge in [0.2, 0.25) is 0 Å². The van der Waals surface area contributed by atoms with Gasteiger partial charge in [-0.05, 0) is 68.7 Å². The molecule has 1 N–H and O–H groups in total. The summed E-state index contributed by atoms with van der Waals surface area (Å²) < 4.78 is 30.8. The number of sulfonamides is 1. The van der Waals surface area contributed by atoms with E-state index in [1.807, 2.05) is 39.0 Å². The van der Waals surface area contributed by atoms with Crippen LogP contribution in [-0.2, 0) is 15.4 Å². The summed E-state index contributed by atoms with van der Waals surface area (Å²) in [6, 6.07) is 14.9. The Morgan fingerprint density at radius 2 is 1.55 bits per heavy atom. The molecule has 33 heavy (non-hydrogen) atoms. The zero-order chi connectivity index (χ0) is 24.1. The number of hydrogen-bond donors (Lipinski definition) is 1. The van der Waals surface area contributed by atoms with Crippen LogP contribution in [0.15, 0.2) is 53.4 Å². The molecule has 0 amide bonds. The van der Waals surface area contributed by atoms with E-state index in [0.29, 0.717) is 11.0 Å². The van der Waals surface area contributed by atoms with E-state index in [1.54, 1.807) is 22.9 Å². The van der Waals surface area contributed by atoms with Crippen molar-refractivity contribution in [3.05, 3.63) is 76.5 Å². The number of anilines is 1. The van der Waals surface area contributed by atoms with Gasteiger partial charge in [0.05, 0.1) is 16.0 Å². The zero-order valence-electron chi connectivity index (χ0n) is 20.2. The second-order valence-corrected chi connectivity index (χ2v) is 11.4. The summed E-state index contributed by atoms with van der Waals surface area (Å²) in [5, 5.41) is 5.38. The van der Waals surface area contributed by atoms with Crippen LogP contribution >= 0.6 is 0 Å². The highest BCUT2D eigenvalue weighted by atomic mass is 32.2. The Bertz CT molecular complexity index is 1460. The second-order valence-electron chi connectivity index (χ2n) is 9.75. The highest BCUT2D eigenvalue weighted by molar-refractivity contribution is 7.92. The first kappa shape index (κ1) is 23.0. The van der Waals surface area contributed by atoms with E-state index >= 15 is 0 Å². The minimum Gasteiger partial charge on any atom is -0.261 e. The highest BCUT2D eigenvalue weighted by Gasteiger charge is 2.24. The van der Waals surface area contributed by atoms with Crippen LogP contribution in [0.3, 0.4) is 0 Å². The normalized spacial score (nSPS) is 12.3. The molecule has 7 heteroatoms. The quantitative estimate of drug-likeness (QED) is 0.419. The maximum atomic E-state index is 13.2. The zero-order valence-corrected chi connectivity index (χ0v) is 21.0. The molecule has 0 spiro atoms. The average molecular weight is 463 g/mol. The molecular weight excluding hydrogens is 432 g/mol. The molecule has 6 nitrogen and oxygen atoms in total. The van der Waals surface area contributed by atoms with Crippen molar-refractivity contribution >= 4 is 26.9 Å². The van der Waals surface area contributed by atoms with E-state index in [0.717, 1.165) is 33.6 Å². The van der Waals surface area contributed by atoms with Gasteiger partial charge >= 0.3 is 0 Å². The average Bonchev–Trinajstić information content (AvgIpc) is 3.03. The molecule has 0 fully saturated rings. The second kappa shape index (κ2) is 7.99. The third kappa shape index (κ3) is 4.37. The van der Waals surface area contributed by atoms with Crippen LogP contribution in [-0.4, -0.2) is 23.2 Å². The number of hydrogen-bond acceptors (Lipinski definition) is 4. The maximum absolute atomic E-state index is 13.2. The fourth-order valence-corrected chi connectivity index (χ4v) is 5.24. The van der Waals surface area contributed by atoms with Gasteiger partial charge < -0.3 is 0 Å². The van der Waals surface area contributed by atoms with Crippen LogP contribution in [0.5, 0.6) is 0 Å². The van der Waals surface area contributed by atoms with Crippen molar-refractivity contribution in [2.75, 3.05) is 4.72 Å². The minimum atomic E-state index is -3.82. The molecule has 2 heterocycles. The standard InChI is InChI=1S/C26H30N4O2S/c1-16-9-8-10-20(15-16)33(31,32)29-24-21-11-12-22(26(5,6)7)27-25(21)30(28-24)23-18(3)13-17(2)14-19(23)4/h8-15H,1-7H3,(H,28,29). The Morgan fingerprint density at radius 1 is 0.879 bits per heavy atom. The van der Waals surface area contributed by atoms with Crippen molar-refractivity contribution < 1.29 is 8.42 Å². The van der Waals surface area contributed by atoms with Crippen LogP contribution in [0.4, 0.5) is 5.82 Å². The lowest BCUT2D eigenvalue weighted by Crippen LogP contribution is -2.14. The third-order valence-electron chi connectivity index (χ3n) is 5.68. The predicted octanol–water partition coefficient (Wildman–Crippen LogP) is 5.75. The number of fused-ring (bicyclic) bond motifs is 1. The molecule has 0 bridgehead atoms. The summed E-state index contributed by atoms with van der Waals surface area (Å²) in [4.78, 5) is 5.13. The summed E-state index contributed by atoms with van der Waals surface area (Å²) in [5.74, 6) is 0.263. The Morgan fingerprint density at radius 3 is 2.15 bits per heavy atom. The molecule has 0 radical (unpaired) electrons. The van der Waals surface area contributed by atoms with Crippen LogP contribution in [0, 0.1) is 27.7 Å². The Labute approximate surface area is 195 Å². The topological polar surface area (TPSA) is 76.9 Å². The van der Waals surface area contributed by atoms with E-state index in [9.17, 15) is 8.42 Å². The third-order valence-corrected chi connectivity index (χ3v) is 7.01. The van der Waals surface area contributed by atoms with Gasteiger partial charge in [0.15, 0.2) is 11.5 Å². The molecule has 0 unspecified atom stereocenters. The van der Waals surface area contributed by atoms with E-state index < -0.39 is 10.0 Å². The van der Waals surface area contributed by atoms with Gasteiger partial charge in [0.1, 0.15) is 0 Å². The van der Waals surface area contributed by atoms with Gasteiger partial charge in [-0.15, -0.1) is 5.10 Å². The van der Waals surface area contributed by atoms with E-state index in [1.165, 1.54) is 0 Å². The summed E-state index contributed by atoms with van der Waals surface area (Å²) in [6.07, 6.45) is 0.